The molecule has 0 aliphatic heterocycles. The number of thiophene rings is 1. The average molecular weight is 265 g/mol. The summed E-state index contributed by atoms with van der Waals surface area (Å²) in [4.78, 5) is 2.37. The van der Waals surface area contributed by atoms with E-state index in [0.29, 0.717) is 6.42 Å². The van der Waals surface area contributed by atoms with Crippen molar-refractivity contribution in [3.8, 4) is 5.75 Å². The minimum absolute atomic E-state index is 0.0866. The van der Waals surface area contributed by atoms with Crippen LogP contribution in [0.1, 0.15) is 21.4 Å². The molecule has 0 fully saturated rings. The van der Waals surface area contributed by atoms with E-state index in [1.807, 2.05) is 19.1 Å². The molecule has 0 saturated carbocycles. The number of rotatable bonds is 4. The van der Waals surface area contributed by atoms with E-state index in [9.17, 15) is 4.39 Å². The Morgan fingerprint density at radius 1 is 1.33 bits per heavy atom. The van der Waals surface area contributed by atoms with Crippen molar-refractivity contribution in [1.82, 2.24) is 0 Å². The van der Waals surface area contributed by atoms with E-state index in [2.05, 4.69) is 6.07 Å². The lowest BCUT2D eigenvalue weighted by molar-refractivity contribution is 0.386. The Kier molecular flexibility index (Phi) is 3.99. The van der Waals surface area contributed by atoms with Gasteiger partial charge in [-0.2, -0.15) is 0 Å². The Morgan fingerprint density at radius 2 is 2.11 bits per heavy atom. The zero-order chi connectivity index (χ0) is 13.1. The van der Waals surface area contributed by atoms with Crippen LogP contribution in [0.15, 0.2) is 30.3 Å². The quantitative estimate of drug-likeness (QED) is 0.919. The average Bonchev–Trinajstić information content (AvgIpc) is 2.76. The Morgan fingerprint density at radius 3 is 2.67 bits per heavy atom. The molecule has 96 valence electrons. The lowest BCUT2D eigenvalue weighted by atomic mass is 10.1. The molecule has 2 N–H and O–H groups in total. The van der Waals surface area contributed by atoms with Gasteiger partial charge in [0.05, 0.1) is 7.11 Å². The Hall–Kier alpha value is -1.39. The van der Waals surface area contributed by atoms with Gasteiger partial charge in [-0.3, -0.25) is 0 Å². The second-order valence-electron chi connectivity index (χ2n) is 4.23. The van der Waals surface area contributed by atoms with E-state index in [-0.39, 0.29) is 17.6 Å². The van der Waals surface area contributed by atoms with Gasteiger partial charge >= 0.3 is 0 Å². The van der Waals surface area contributed by atoms with Crippen molar-refractivity contribution in [3.63, 3.8) is 0 Å². The molecule has 0 bridgehead atoms. The van der Waals surface area contributed by atoms with Crippen LogP contribution in [0.2, 0.25) is 0 Å². The maximum Gasteiger partial charge on any atom is 0.165 e. The molecule has 18 heavy (non-hydrogen) atoms. The normalized spacial score (nSPS) is 12.4. The fourth-order valence-electron chi connectivity index (χ4n) is 1.84. The second-order valence-corrected chi connectivity index (χ2v) is 5.55. The Bertz CT molecular complexity index is 538. The van der Waals surface area contributed by atoms with Crippen molar-refractivity contribution in [1.29, 1.82) is 0 Å². The van der Waals surface area contributed by atoms with Crippen molar-refractivity contribution in [3.05, 3.63) is 51.5 Å². The fourth-order valence-corrected chi connectivity index (χ4v) is 2.72. The Labute approximate surface area is 110 Å². The molecule has 0 spiro atoms. The number of ether oxygens (including phenoxy) is 1. The van der Waals surface area contributed by atoms with Gasteiger partial charge in [-0.15, -0.1) is 11.3 Å². The highest BCUT2D eigenvalue weighted by atomic mass is 32.1. The summed E-state index contributed by atoms with van der Waals surface area (Å²) in [6, 6.07) is 8.97. The first-order valence-corrected chi connectivity index (χ1v) is 6.56. The topological polar surface area (TPSA) is 35.2 Å². The molecule has 1 atom stereocenters. The molecule has 0 saturated heterocycles. The van der Waals surface area contributed by atoms with Crippen molar-refractivity contribution in [2.24, 2.45) is 5.73 Å². The summed E-state index contributed by atoms with van der Waals surface area (Å²) in [6.07, 6.45) is 0.626. The number of halogens is 1. The van der Waals surface area contributed by atoms with Crippen LogP contribution >= 0.6 is 11.3 Å². The molecule has 2 aromatic rings. The van der Waals surface area contributed by atoms with Gasteiger partial charge in [-0.1, -0.05) is 6.07 Å². The van der Waals surface area contributed by atoms with Crippen molar-refractivity contribution in [2.45, 2.75) is 19.4 Å². The van der Waals surface area contributed by atoms with E-state index in [4.69, 9.17) is 10.5 Å². The number of methoxy groups -OCH3 is 1. The van der Waals surface area contributed by atoms with E-state index in [0.717, 1.165) is 10.4 Å². The lowest BCUT2D eigenvalue weighted by Crippen LogP contribution is -2.11. The van der Waals surface area contributed by atoms with E-state index in [1.54, 1.807) is 17.4 Å². The molecule has 1 unspecified atom stereocenters. The monoisotopic (exact) mass is 265 g/mol. The van der Waals surface area contributed by atoms with Crippen LogP contribution in [0.5, 0.6) is 5.75 Å². The molecule has 1 aromatic heterocycles. The molecule has 2 rings (SSSR count). The predicted octanol–water partition coefficient (Wildman–Crippen LogP) is 3.45. The fraction of sp³-hybridized carbons (Fsp3) is 0.286. The van der Waals surface area contributed by atoms with Gasteiger partial charge in [0.15, 0.2) is 11.6 Å². The first kappa shape index (κ1) is 13.1. The highest BCUT2D eigenvalue weighted by Crippen LogP contribution is 2.25. The molecule has 0 amide bonds. The third kappa shape index (κ3) is 2.89. The molecule has 4 heteroatoms. The summed E-state index contributed by atoms with van der Waals surface area (Å²) in [5, 5.41) is 0. The molecule has 0 radical (unpaired) electrons. The maximum atomic E-state index is 13.5. The highest BCUT2D eigenvalue weighted by molar-refractivity contribution is 7.12. The molecule has 1 heterocycles. The summed E-state index contributed by atoms with van der Waals surface area (Å²) in [6.45, 7) is 2.05. The standard InChI is InChI=1S/C14H16FNOS/c1-9-3-6-14(18-9)12(16)8-10-4-5-13(17-2)11(15)7-10/h3-7,12H,8,16H2,1-2H3. The van der Waals surface area contributed by atoms with E-state index in [1.165, 1.54) is 18.1 Å². The van der Waals surface area contributed by atoms with Crippen molar-refractivity contribution >= 4 is 11.3 Å². The highest BCUT2D eigenvalue weighted by Gasteiger charge is 2.11. The van der Waals surface area contributed by atoms with Gasteiger partial charge in [0.25, 0.3) is 0 Å². The minimum Gasteiger partial charge on any atom is -0.494 e. The molecule has 1 aromatic carbocycles. The SMILES string of the molecule is COc1ccc(CC(N)c2ccc(C)s2)cc1F. The van der Waals surface area contributed by atoms with Crippen molar-refractivity contribution in [2.75, 3.05) is 7.11 Å². The van der Waals surface area contributed by atoms with Gasteiger partial charge < -0.3 is 10.5 Å². The number of aryl methyl sites for hydroxylation is 1. The van der Waals surface area contributed by atoms with Crippen LogP contribution in [-0.2, 0) is 6.42 Å². The van der Waals surface area contributed by atoms with Crippen molar-refractivity contribution < 1.29 is 9.13 Å². The number of nitrogens with two attached hydrogens (primary N) is 1. The van der Waals surface area contributed by atoms with Gasteiger partial charge in [0.2, 0.25) is 0 Å². The Balaban J connectivity index is 2.12. The van der Waals surface area contributed by atoms with Crippen LogP contribution in [-0.4, -0.2) is 7.11 Å². The number of hydrogen-bond donors (Lipinski definition) is 1. The molecular weight excluding hydrogens is 249 g/mol. The summed E-state index contributed by atoms with van der Waals surface area (Å²) in [5.41, 5.74) is 7.00. The smallest absolute Gasteiger partial charge is 0.165 e. The summed E-state index contributed by atoms with van der Waals surface area (Å²) >= 11 is 1.68. The maximum absolute atomic E-state index is 13.5. The summed E-state index contributed by atoms with van der Waals surface area (Å²) in [7, 11) is 1.46. The minimum atomic E-state index is -0.343. The molecular formula is C14H16FNOS. The first-order chi connectivity index (χ1) is 8.60. The molecule has 0 aliphatic rings. The first-order valence-electron chi connectivity index (χ1n) is 5.74. The molecule has 0 aliphatic carbocycles. The van der Waals surface area contributed by atoms with Crippen LogP contribution in [0.4, 0.5) is 4.39 Å². The zero-order valence-corrected chi connectivity index (χ0v) is 11.3. The van der Waals surface area contributed by atoms with Crippen LogP contribution in [0.3, 0.4) is 0 Å². The largest absolute Gasteiger partial charge is 0.494 e. The zero-order valence-electron chi connectivity index (χ0n) is 10.4. The van der Waals surface area contributed by atoms with Crippen LogP contribution in [0.25, 0.3) is 0 Å². The summed E-state index contributed by atoms with van der Waals surface area (Å²) < 4.78 is 18.4. The third-order valence-corrected chi connectivity index (χ3v) is 3.93. The third-order valence-electron chi connectivity index (χ3n) is 2.80. The van der Waals surface area contributed by atoms with E-state index < -0.39 is 0 Å². The van der Waals surface area contributed by atoms with Crippen LogP contribution in [0, 0.1) is 12.7 Å². The van der Waals surface area contributed by atoms with Crippen LogP contribution < -0.4 is 10.5 Å². The molecule has 2 nitrogen and oxygen atoms in total. The number of benzene rings is 1. The second kappa shape index (κ2) is 5.50. The van der Waals surface area contributed by atoms with E-state index >= 15 is 0 Å². The van der Waals surface area contributed by atoms with Gasteiger partial charge in [0.1, 0.15) is 0 Å². The predicted molar refractivity (Wildman–Crippen MR) is 72.6 cm³/mol. The lowest BCUT2D eigenvalue weighted by Gasteiger charge is -2.10. The number of hydrogen-bond acceptors (Lipinski definition) is 3. The summed E-state index contributed by atoms with van der Waals surface area (Å²) in [5.74, 6) is -0.0798. The van der Waals surface area contributed by atoms with Gasteiger partial charge in [-0.25, -0.2) is 4.39 Å². The van der Waals surface area contributed by atoms with Gasteiger partial charge in [0, 0.05) is 15.8 Å². The van der Waals surface area contributed by atoms with Gasteiger partial charge in [-0.05, 0) is 43.2 Å².